The Kier molecular flexibility index (Phi) is 8.04. The lowest BCUT2D eigenvalue weighted by atomic mass is 9.67. The van der Waals surface area contributed by atoms with Crippen molar-refractivity contribution < 1.29 is 0 Å². The van der Waals surface area contributed by atoms with Crippen LogP contribution < -0.4 is 0 Å². The van der Waals surface area contributed by atoms with Crippen LogP contribution in [0.15, 0.2) is 212 Å². The van der Waals surface area contributed by atoms with Gasteiger partial charge in [0.2, 0.25) is 0 Å². The Labute approximate surface area is 321 Å². The molecular formula is C52H35N3. The van der Waals surface area contributed by atoms with E-state index in [1.807, 2.05) is 36.4 Å². The molecular weight excluding hydrogens is 667 g/mol. The maximum atomic E-state index is 5.04. The molecule has 55 heavy (non-hydrogen) atoms. The molecule has 0 atom stereocenters. The molecule has 0 aliphatic heterocycles. The first-order valence-electron chi connectivity index (χ1n) is 18.7. The highest BCUT2D eigenvalue weighted by molar-refractivity contribution is 5.88. The van der Waals surface area contributed by atoms with E-state index in [-0.39, 0.29) is 0 Å². The Morgan fingerprint density at radius 1 is 0.255 bits per heavy atom. The number of aromatic nitrogens is 3. The summed E-state index contributed by atoms with van der Waals surface area (Å²) in [5.74, 6) is 1.93. The van der Waals surface area contributed by atoms with Crippen molar-refractivity contribution in [1.29, 1.82) is 0 Å². The van der Waals surface area contributed by atoms with Crippen molar-refractivity contribution in [2.24, 2.45) is 0 Å². The highest BCUT2D eigenvalue weighted by atomic mass is 15.0. The van der Waals surface area contributed by atoms with Crippen molar-refractivity contribution >= 4 is 0 Å². The third-order valence-electron chi connectivity index (χ3n) is 10.9. The molecule has 0 radical (unpaired) electrons. The van der Waals surface area contributed by atoms with E-state index in [0.29, 0.717) is 17.5 Å². The van der Waals surface area contributed by atoms with Gasteiger partial charge in [-0.2, -0.15) is 0 Å². The van der Waals surface area contributed by atoms with Crippen LogP contribution in [0.25, 0.3) is 67.5 Å². The van der Waals surface area contributed by atoms with Gasteiger partial charge in [0.25, 0.3) is 0 Å². The first-order valence-corrected chi connectivity index (χ1v) is 18.7. The molecule has 1 aliphatic rings. The minimum absolute atomic E-state index is 0.446. The van der Waals surface area contributed by atoms with Crippen LogP contribution in [-0.2, 0) is 5.41 Å². The second-order valence-electron chi connectivity index (χ2n) is 14.0. The molecule has 0 amide bonds. The predicted octanol–water partition coefficient (Wildman–Crippen LogP) is 12.6. The van der Waals surface area contributed by atoms with Gasteiger partial charge in [0, 0.05) is 16.7 Å². The van der Waals surface area contributed by atoms with Gasteiger partial charge in [-0.05, 0) is 61.7 Å². The van der Waals surface area contributed by atoms with Crippen molar-refractivity contribution in [3.8, 4) is 67.5 Å². The van der Waals surface area contributed by atoms with E-state index in [4.69, 9.17) is 15.0 Å². The predicted molar refractivity (Wildman–Crippen MR) is 224 cm³/mol. The summed E-state index contributed by atoms with van der Waals surface area (Å²) in [7, 11) is 0. The number of fused-ring (bicyclic) bond motifs is 3. The molecule has 8 aromatic carbocycles. The largest absolute Gasteiger partial charge is 0.208 e. The number of hydrogen-bond acceptors (Lipinski definition) is 3. The maximum absolute atomic E-state index is 5.04. The van der Waals surface area contributed by atoms with Crippen LogP contribution in [0.2, 0.25) is 0 Å². The fourth-order valence-corrected chi connectivity index (χ4v) is 8.23. The van der Waals surface area contributed by atoms with Crippen LogP contribution in [0, 0.1) is 0 Å². The molecule has 1 heterocycles. The second-order valence-corrected chi connectivity index (χ2v) is 14.0. The van der Waals surface area contributed by atoms with E-state index in [1.165, 1.54) is 38.9 Å². The van der Waals surface area contributed by atoms with E-state index in [2.05, 4.69) is 176 Å². The van der Waals surface area contributed by atoms with Gasteiger partial charge in [-0.3, -0.25) is 0 Å². The zero-order chi connectivity index (χ0) is 36.6. The van der Waals surface area contributed by atoms with Crippen LogP contribution >= 0.6 is 0 Å². The Balaban J connectivity index is 1.06. The number of rotatable bonds is 7. The van der Waals surface area contributed by atoms with E-state index in [9.17, 15) is 0 Å². The lowest BCUT2D eigenvalue weighted by Crippen LogP contribution is -2.28. The topological polar surface area (TPSA) is 38.7 Å². The fourth-order valence-electron chi connectivity index (χ4n) is 8.23. The van der Waals surface area contributed by atoms with Crippen molar-refractivity contribution in [3.05, 3.63) is 235 Å². The number of hydrogen-bond donors (Lipinski definition) is 0. The fraction of sp³-hybridized carbons (Fsp3) is 0.0192. The Morgan fingerprint density at radius 2 is 0.600 bits per heavy atom. The zero-order valence-corrected chi connectivity index (χ0v) is 30.0. The highest BCUT2D eigenvalue weighted by Crippen LogP contribution is 2.56. The van der Waals surface area contributed by atoms with Crippen LogP contribution in [0.1, 0.15) is 22.3 Å². The molecule has 10 rings (SSSR count). The minimum Gasteiger partial charge on any atom is -0.208 e. The summed E-state index contributed by atoms with van der Waals surface area (Å²) in [4.78, 5) is 15.0. The van der Waals surface area contributed by atoms with Gasteiger partial charge in [-0.25, -0.2) is 15.0 Å². The van der Waals surface area contributed by atoms with E-state index in [1.54, 1.807) is 0 Å². The van der Waals surface area contributed by atoms with Crippen LogP contribution in [-0.4, -0.2) is 15.0 Å². The van der Waals surface area contributed by atoms with Gasteiger partial charge in [0.15, 0.2) is 17.5 Å². The molecule has 3 nitrogen and oxygen atoms in total. The maximum Gasteiger partial charge on any atom is 0.164 e. The molecule has 0 N–H and O–H groups in total. The van der Waals surface area contributed by atoms with Crippen molar-refractivity contribution in [2.45, 2.75) is 5.41 Å². The SMILES string of the molecule is c1ccc(-c2ccc(-c3nc(-c4ccccc4)nc(-c4ccc(-c5ccc6c(c5)C(c5ccccc5)(c5ccccc5)c5ccccc5-6)cc4)n3)cc2)cc1. The lowest BCUT2D eigenvalue weighted by Gasteiger charge is -2.34. The van der Waals surface area contributed by atoms with Crippen molar-refractivity contribution in [3.63, 3.8) is 0 Å². The van der Waals surface area contributed by atoms with Gasteiger partial charge < -0.3 is 0 Å². The summed E-state index contributed by atoms with van der Waals surface area (Å²) >= 11 is 0. The zero-order valence-electron chi connectivity index (χ0n) is 30.0. The van der Waals surface area contributed by atoms with Gasteiger partial charge in [-0.15, -0.1) is 0 Å². The molecule has 1 aliphatic carbocycles. The molecule has 0 saturated carbocycles. The molecule has 3 heteroatoms. The summed E-state index contributed by atoms with van der Waals surface area (Å²) < 4.78 is 0. The number of nitrogens with zero attached hydrogens (tertiary/aromatic N) is 3. The third-order valence-corrected chi connectivity index (χ3v) is 10.9. The van der Waals surface area contributed by atoms with Crippen molar-refractivity contribution in [2.75, 3.05) is 0 Å². The number of benzene rings is 8. The first kappa shape index (κ1) is 32.4. The molecule has 9 aromatic rings. The Hall–Kier alpha value is -7.23. The second kappa shape index (κ2) is 13.6. The molecule has 0 saturated heterocycles. The van der Waals surface area contributed by atoms with Gasteiger partial charge in [-0.1, -0.05) is 206 Å². The van der Waals surface area contributed by atoms with Gasteiger partial charge in [0.1, 0.15) is 0 Å². The average molecular weight is 702 g/mol. The monoisotopic (exact) mass is 701 g/mol. The minimum atomic E-state index is -0.446. The molecule has 1 aromatic heterocycles. The summed E-state index contributed by atoms with van der Waals surface area (Å²) in [5.41, 5.74) is 14.7. The third kappa shape index (κ3) is 5.65. The van der Waals surface area contributed by atoms with E-state index >= 15 is 0 Å². The molecule has 0 spiro atoms. The van der Waals surface area contributed by atoms with Gasteiger partial charge in [0.05, 0.1) is 5.41 Å². The quantitative estimate of drug-likeness (QED) is 0.166. The molecule has 0 fully saturated rings. The highest BCUT2D eigenvalue weighted by Gasteiger charge is 2.46. The van der Waals surface area contributed by atoms with Crippen LogP contribution in [0.3, 0.4) is 0 Å². The molecule has 0 unspecified atom stereocenters. The van der Waals surface area contributed by atoms with E-state index < -0.39 is 5.41 Å². The van der Waals surface area contributed by atoms with Crippen LogP contribution in [0.5, 0.6) is 0 Å². The van der Waals surface area contributed by atoms with E-state index in [0.717, 1.165) is 33.4 Å². The smallest absolute Gasteiger partial charge is 0.164 e. The first-order chi connectivity index (χ1) is 27.3. The summed E-state index contributed by atoms with van der Waals surface area (Å²) in [6.45, 7) is 0. The molecule has 0 bridgehead atoms. The van der Waals surface area contributed by atoms with Crippen LogP contribution in [0.4, 0.5) is 0 Å². The van der Waals surface area contributed by atoms with Gasteiger partial charge >= 0.3 is 0 Å². The lowest BCUT2D eigenvalue weighted by molar-refractivity contribution is 0.769. The Morgan fingerprint density at radius 3 is 1.13 bits per heavy atom. The Bertz CT molecular complexity index is 2720. The van der Waals surface area contributed by atoms with Crippen molar-refractivity contribution in [1.82, 2.24) is 15.0 Å². The summed E-state index contributed by atoms with van der Waals surface area (Å²) in [6.07, 6.45) is 0. The average Bonchev–Trinajstić information content (AvgIpc) is 3.58. The summed E-state index contributed by atoms with van der Waals surface area (Å²) in [6, 6.07) is 75.3. The normalized spacial score (nSPS) is 12.5. The summed E-state index contributed by atoms with van der Waals surface area (Å²) in [5, 5.41) is 0. The molecule has 258 valence electrons. The standard InChI is InChI=1S/C52H35N3/c1-5-15-36(16-6-1)37-25-29-40(30-26-37)50-53-49(39-17-7-2-8-18-39)54-51(55-50)41-31-27-38(28-32-41)42-33-34-46-45-23-13-14-24-47(45)52(48(46)35-42,43-19-9-3-10-20-43)44-21-11-4-12-22-44/h1-35H.